The van der Waals surface area contributed by atoms with Gasteiger partial charge >= 0.3 is 0 Å². The van der Waals surface area contributed by atoms with Gasteiger partial charge in [-0.25, -0.2) is 0 Å². The van der Waals surface area contributed by atoms with Gasteiger partial charge in [0.05, 0.1) is 10.9 Å². The number of hydrogen-bond acceptors (Lipinski definition) is 3. The van der Waals surface area contributed by atoms with Crippen molar-refractivity contribution in [2.75, 3.05) is 26.2 Å². The number of rotatable bonds is 6. The summed E-state index contributed by atoms with van der Waals surface area (Å²) in [5.41, 5.74) is 3.30. The summed E-state index contributed by atoms with van der Waals surface area (Å²) in [6, 6.07) is 39.2. The van der Waals surface area contributed by atoms with Crippen LogP contribution in [0.5, 0.6) is 0 Å². The molecule has 0 amide bonds. The van der Waals surface area contributed by atoms with E-state index in [4.69, 9.17) is 0 Å². The SMILES string of the molecule is O=S(=O)(/N=C(/c1ccccc1)N1CCN(C(c2ccccc2)c2ccccc2)CC1)c1ccccc1. The van der Waals surface area contributed by atoms with Crippen LogP contribution in [-0.4, -0.2) is 50.2 Å². The molecule has 0 spiro atoms. The Labute approximate surface area is 213 Å². The average Bonchev–Trinajstić information content (AvgIpc) is 2.95. The van der Waals surface area contributed by atoms with Crippen LogP contribution in [0.1, 0.15) is 22.7 Å². The molecule has 1 aliphatic heterocycles. The van der Waals surface area contributed by atoms with E-state index in [1.165, 1.54) is 11.1 Å². The van der Waals surface area contributed by atoms with Crippen molar-refractivity contribution in [2.45, 2.75) is 10.9 Å². The summed E-state index contributed by atoms with van der Waals surface area (Å²) in [5, 5.41) is 0. The lowest BCUT2D eigenvalue weighted by Gasteiger charge is -2.41. The molecule has 0 aromatic heterocycles. The topological polar surface area (TPSA) is 53.0 Å². The maximum atomic E-state index is 13.2. The lowest BCUT2D eigenvalue weighted by Crippen LogP contribution is -2.50. The Kier molecular flexibility index (Phi) is 7.26. The fraction of sp³-hybridized carbons (Fsp3) is 0.167. The molecule has 5 rings (SSSR count). The third kappa shape index (κ3) is 5.40. The minimum absolute atomic E-state index is 0.139. The summed E-state index contributed by atoms with van der Waals surface area (Å²) in [4.78, 5) is 4.76. The van der Waals surface area contributed by atoms with Crippen molar-refractivity contribution in [3.05, 3.63) is 138 Å². The Balaban J connectivity index is 1.44. The molecule has 0 saturated carbocycles. The zero-order chi connectivity index (χ0) is 24.8. The number of piperazine rings is 1. The monoisotopic (exact) mass is 495 g/mol. The molecular weight excluding hydrogens is 466 g/mol. The molecule has 1 fully saturated rings. The molecule has 1 heterocycles. The minimum atomic E-state index is -3.84. The first-order valence-corrected chi connectivity index (χ1v) is 13.6. The van der Waals surface area contributed by atoms with Gasteiger partial charge in [0.1, 0.15) is 5.84 Å². The van der Waals surface area contributed by atoms with Crippen LogP contribution < -0.4 is 0 Å². The van der Waals surface area contributed by atoms with Gasteiger partial charge in [-0.15, -0.1) is 4.40 Å². The van der Waals surface area contributed by atoms with E-state index in [-0.39, 0.29) is 10.9 Å². The molecule has 1 saturated heterocycles. The van der Waals surface area contributed by atoms with Crippen LogP contribution >= 0.6 is 0 Å². The third-order valence-electron chi connectivity index (χ3n) is 6.49. The second-order valence-corrected chi connectivity index (χ2v) is 10.4. The van der Waals surface area contributed by atoms with E-state index in [0.717, 1.165) is 18.7 Å². The molecule has 4 aromatic rings. The molecule has 6 heteroatoms. The fourth-order valence-corrected chi connectivity index (χ4v) is 5.77. The number of hydrogen-bond donors (Lipinski definition) is 0. The van der Waals surface area contributed by atoms with Crippen LogP contribution in [0.3, 0.4) is 0 Å². The molecule has 0 unspecified atom stereocenters. The molecule has 36 heavy (non-hydrogen) atoms. The smallest absolute Gasteiger partial charge is 0.284 e. The summed E-state index contributed by atoms with van der Waals surface area (Å²) in [6.45, 7) is 2.92. The fourth-order valence-electron chi connectivity index (χ4n) is 4.72. The molecule has 0 aliphatic carbocycles. The molecule has 0 atom stereocenters. The van der Waals surface area contributed by atoms with Gasteiger partial charge < -0.3 is 4.90 Å². The number of amidine groups is 1. The number of sulfonamides is 1. The first-order chi connectivity index (χ1) is 17.6. The zero-order valence-corrected chi connectivity index (χ0v) is 20.8. The molecule has 4 aromatic carbocycles. The molecule has 0 bridgehead atoms. The first-order valence-electron chi connectivity index (χ1n) is 12.2. The lowest BCUT2D eigenvalue weighted by molar-refractivity contribution is 0.150. The van der Waals surface area contributed by atoms with Crippen molar-refractivity contribution >= 4 is 15.9 Å². The quantitative estimate of drug-likeness (QED) is 0.272. The maximum absolute atomic E-state index is 13.2. The summed E-state index contributed by atoms with van der Waals surface area (Å²) in [5.74, 6) is 0.495. The van der Waals surface area contributed by atoms with Gasteiger partial charge in [0.25, 0.3) is 10.0 Å². The lowest BCUT2D eigenvalue weighted by atomic mass is 9.96. The highest BCUT2D eigenvalue weighted by atomic mass is 32.2. The summed E-state index contributed by atoms with van der Waals surface area (Å²) in [7, 11) is -3.84. The zero-order valence-electron chi connectivity index (χ0n) is 20.0. The number of nitrogens with zero attached hydrogens (tertiary/aromatic N) is 3. The van der Waals surface area contributed by atoms with Crippen LogP contribution in [0, 0.1) is 0 Å². The van der Waals surface area contributed by atoms with Crippen molar-refractivity contribution < 1.29 is 8.42 Å². The Morgan fingerprint density at radius 2 is 1.06 bits per heavy atom. The van der Waals surface area contributed by atoms with Crippen molar-refractivity contribution in [2.24, 2.45) is 4.40 Å². The molecule has 182 valence electrons. The van der Waals surface area contributed by atoms with Crippen molar-refractivity contribution in [1.29, 1.82) is 0 Å². The highest BCUT2D eigenvalue weighted by Gasteiger charge is 2.29. The van der Waals surface area contributed by atoms with Crippen LogP contribution in [0.25, 0.3) is 0 Å². The van der Waals surface area contributed by atoms with Gasteiger partial charge in [0.15, 0.2) is 0 Å². The second-order valence-electron chi connectivity index (χ2n) is 8.82. The largest absolute Gasteiger partial charge is 0.353 e. The Hall–Kier alpha value is -3.74. The molecule has 0 N–H and O–H groups in total. The Morgan fingerprint density at radius 3 is 1.56 bits per heavy atom. The van der Waals surface area contributed by atoms with Gasteiger partial charge in [0.2, 0.25) is 0 Å². The summed E-state index contributed by atoms with van der Waals surface area (Å²) in [6.07, 6.45) is 0. The average molecular weight is 496 g/mol. The normalized spacial score (nSPS) is 15.2. The standard InChI is InChI=1S/C30H29N3O2S/c34-36(35,28-19-11-4-12-20-28)31-30(27-17-9-3-10-18-27)33-23-21-32(22-24-33)29(25-13-5-1-6-14-25)26-15-7-2-8-16-26/h1-20,29H,21-24H2/b31-30-. The summed E-state index contributed by atoms with van der Waals surface area (Å²) < 4.78 is 30.7. The van der Waals surface area contributed by atoms with Crippen LogP contribution in [0.15, 0.2) is 131 Å². The first kappa shape index (κ1) is 24.0. The van der Waals surface area contributed by atoms with E-state index in [9.17, 15) is 8.42 Å². The third-order valence-corrected chi connectivity index (χ3v) is 7.77. The van der Waals surface area contributed by atoms with Gasteiger partial charge in [-0.3, -0.25) is 4.90 Å². The van der Waals surface area contributed by atoms with E-state index < -0.39 is 10.0 Å². The second kappa shape index (κ2) is 10.9. The Morgan fingerprint density at radius 1 is 0.611 bits per heavy atom. The van der Waals surface area contributed by atoms with E-state index in [1.54, 1.807) is 30.3 Å². The minimum Gasteiger partial charge on any atom is -0.353 e. The predicted molar refractivity (Wildman–Crippen MR) is 144 cm³/mol. The van der Waals surface area contributed by atoms with Gasteiger partial charge in [-0.1, -0.05) is 109 Å². The summed E-state index contributed by atoms with van der Waals surface area (Å²) >= 11 is 0. The molecule has 1 aliphatic rings. The van der Waals surface area contributed by atoms with E-state index in [2.05, 4.69) is 62.7 Å². The molecule has 0 radical (unpaired) electrons. The number of benzene rings is 4. The highest BCUT2D eigenvalue weighted by Crippen LogP contribution is 2.30. The van der Waals surface area contributed by atoms with E-state index in [0.29, 0.717) is 18.9 Å². The Bertz CT molecular complexity index is 1350. The van der Waals surface area contributed by atoms with Crippen molar-refractivity contribution in [1.82, 2.24) is 9.80 Å². The van der Waals surface area contributed by atoms with Gasteiger partial charge in [0, 0.05) is 31.7 Å². The van der Waals surface area contributed by atoms with E-state index >= 15 is 0 Å². The van der Waals surface area contributed by atoms with Crippen molar-refractivity contribution in [3.8, 4) is 0 Å². The van der Waals surface area contributed by atoms with Gasteiger partial charge in [-0.05, 0) is 23.3 Å². The maximum Gasteiger partial charge on any atom is 0.284 e. The van der Waals surface area contributed by atoms with Gasteiger partial charge in [-0.2, -0.15) is 8.42 Å². The van der Waals surface area contributed by atoms with Crippen LogP contribution in [-0.2, 0) is 10.0 Å². The van der Waals surface area contributed by atoms with Crippen LogP contribution in [0.2, 0.25) is 0 Å². The molecule has 5 nitrogen and oxygen atoms in total. The highest BCUT2D eigenvalue weighted by molar-refractivity contribution is 7.90. The van der Waals surface area contributed by atoms with Crippen LogP contribution in [0.4, 0.5) is 0 Å². The van der Waals surface area contributed by atoms with Crippen molar-refractivity contribution in [3.63, 3.8) is 0 Å². The predicted octanol–water partition coefficient (Wildman–Crippen LogP) is 5.23. The van der Waals surface area contributed by atoms with E-state index in [1.807, 2.05) is 42.5 Å². The molecular formula is C30H29N3O2S.